The predicted molar refractivity (Wildman–Crippen MR) is 125 cm³/mol. The molecule has 1 unspecified atom stereocenters. The summed E-state index contributed by atoms with van der Waals surface area (Å²) < 4.78 is 12.7. The zero-order chi connectivity index (χ0) is 23.5. The number of nitrogens with zero attached hydrogens (tertiary/aromatic N) is 3. The predicted octanol–water partition coefficient (Wildman–Crippen LogP) is 3.99. The topological polar surface area (TPSA) is 98.7 Å². The number of aromatic nitrogens is 3. The second-order valence-corrected chi connectivity index (χ2v) is 8.65. The van der Waals surface area contributed by atoms with Gasteiger partial charge < -0.3 is 14.5 Å². The number of fused-ring (bicyclic) bond motifs is 2. The zero-order valence-corrected chi connectivity index (χ0v) is 19.3. The van der Waals surface area contributed by atoms with Gasteiger partial charge in [0.1, 0.15) is 11.3 Å². The lowest BCUT2D eigenvalue weighted by Gasteiger charge is -2.19. The number of aryl methyl sites for hydroxylation is 2. The van der Waals surface area contributed by atoms with Gasteiger partial charge in [-0.05, 0) is 55.0 Å². The zero-order valence-electron chi connectivity index (χ0n) is 19.3. The summed E-state index contributed by atoms with van der Waals surface area (Å²) in [5.41, 5.74) is 2.53. The minimum atomic E-state index is -0.397. The van der Waals surface area contributed by atoms with E-state index in [-0.39, 0.29) is 18.4 Å². The fraction of sp³-hybridized carbons (Fsp3) is 0.360. The van der Waals surface area contributed by atoms with Gasteiger partial charge in [-0.1, -0.05) is 19.9 Å². The Bertz CT molecular complexity index is 1360. The third-order valence-corrected chi connectivity index (χ3v) is 5.67. The van der Waals surface area contributed by atoms with Crippen molar-refractivity contribution in [3.05, 3.63) is 70.0 Å². The van der Waals surface area contributed by atoms with Crippen LogP contribution in [0.4, 0.5) is 0 Å². The molecule has 0 spiro atoms. The van der Waals surface area contributed by atoms with Gasteiger partial charge in [-0.25, -0.2) is 4.79 Å². The minimum Gasteiger partial charge on any atom is -0.496 e. The molecule has 0 aliphatic carbocycles. The molecule has 3 aromatic heterocycles. The molecule has 3 heterocycles. The van der Waals surface area contributed by atoms with E-state index in [0.717, 1.165) is 34.4 Å². The van der Waals surface area contributed by atoms with Crippen LogP contribution in [0.2, 0.25) is 0 Å². The van der Waals surface area contributed by atoms with E-state index in [0.29, 0.717) is 23.7 Å². The van der Waals surface area contributed by atoms with Crippen molar-refractivity contribution < 1.29 is 13.9 Å². The highest BCUT2D eigenvalue weighted by atomic mass is 16.5. The normalized spacial score (nSPS) is 12.4. The number of ether oxygens (including phenoxy) is 1. The summed E-state index contributed by atoms with van der Waals surface area (Å²) in [5, 5.41) is 12.5. The quantitative estimate of drug-likeness (QED) is 0.409. The first-order chi connectivity index (χ1) is 15.9. The van der Waals surface area contributed by atoms with Crippen molar-refractivity contribution in [2.45, 2.75) is 46.1 Å². The molecule has 1 N–H and O–H groups in total. The monoisotopic (exact) mass is 448 g/mol. The molecule has 33 heavy (non-hydrogen) atoms. The lowest BCUT2D eigenvalue weighted by Crippen LogP contribution is -2.31. The number of carbonyl (C=O) groups is 1. The minimum absolute atomic E-state index is 0.0770. The van der Waals surface area contributed by atoms with Crippen LogP contribution in [-0.2, 0) is 11.2 Å². The third kappa shape index (κ3) is 4.89. The van der Waals surface area contributed by atoms with E-state index in [1.54, 1.807) is 13.2 Å². The van der Waals surface area contributed by atoms with Crippen LogP contribution >= 0.6 is 0 Å². The highest BCUT2D eigenvalue weighted by Crippen LogP contribution is 2.28. The highest BCUT2D eigenvalue weighted by Gasteiger charge is 2.22. The van der Waals surface area contributed by atoms with Crippen LogP contribution in [0.25, 0.3) is 16.6 Å². The molecule has 8 nitrogen and oxygen atoms in total. The van der Waals surface area contributed by atoms with E-state index >= 15 is 0 Å². The molecule has 8 heteroatoms. The second kappa shape index (κ2) is 9.44. The van der Waals surface area contributed by atoms with Crippen molar-refractivity contribution in [3.8, 4) is 5.75 Å². The van der Waals surface area contributed by atoms with Crippen LogP contribution in [0.1, 0.15) is 49.7 Å². The van der Waals surface area contributed by atoms with Crippen LogP contribution in [0.3, 0.4) is 0 Å². The summed E-state index contributed by atoms with van der Waals surface area (Å²) in [6, 6.07) is 10.6. The van der Waals surface area contributed by atoms with E-state index < -0.39 is 5.63 Å². The molecule has 0 radical (unpaired) electrons. The Kier molecular flexibility index (Phi) is 6.44. The van der Waals surface area contributed by atoms with Crippen molar-refractivity contribution in [1.82, 2.24) is 19.9 Å². The molecule has 4 rings (SSSR count). The molecule has 1 aromatic carbocycles. The van der Waals surface area contributed by atoms with Crippen molar-refractivity contribution in [1.29, 1.82) is 0 Å². The van der Waals surface area contributed by atoms with Crippen LogP contribution in [-0.4, -0.2) is 27.6 Å². The first-order valence-corrected chi connectivity index (χ1v) is 11.1. The van der Waals surface area contributed by atoms with Crippen LogP contribution < -0.4 is 15.7 Å². The van der Waals surface area contributed by atoms with E-state index in [1.807, 2.05) is 41.8 Å². The maximum atomic E-state index is 12.9. The van der Waals surface area contributed by atoms with Crippen molar-refractivity contribution >= 4 is 22.5 Å². The number of hydrogen-bond donors (Lipinski definition) is 1. The number of amides is 1. The maximum absolute atomic E-state index is 12.9. The molecule has 1 atom stereocenters. The van der Waals surface area contributed by atoms with Gasteiger partial charge in [0.2, 0.25) is 5.91 Å². The molecule has 0 saturated carbocycles. The van der Waals surface area contributed by atoms with Crippen LogP contribution in [0.5, 0.6) is 5.75 Å². The maximum Gasteiger partial charge on any atom is 0.336 e. The lowest BCUT2D eigenvalue weighted by molar-refractivity contribution is -0.122. The molecule has 4 aromatic rings. The Morgan fingerprint density at radius 1 is 1.21 bits per heavy atom. The Morgan fingerprint density at radius 3 is 2.79 bits per heavy atom. The van der Waals surface area contributed by atoms with Gasteiger partial charge >= 0.3 is 5.63 Å². The van der Waals surface area contributed by atoms with Gasteiger partial charge in [-0.2, -0.15) is 0 Å². The number of methoxy groups -OCH3 is 1. The molecular formula is C25H28N4O4. The second-order valence-electron chi connectivity index (χ2n) is 8.65. The van der Waals surface area contributed by atoms with Gasteiger partial charge in [-0.15, -0.1) is 10.2 Å². The molecule has 1 amide bonds. The van der Waals surface area contributed by atoms with Crippen molar-refractivity contribution in [2.75, 3.05) is 7.11 Å². The van der Waals surface area contributed by atoms with E-state index in [9.17, 15) is 9.59 Å². The number of rotatable bonds is 8. The molecule has 172 valence electrons. The number of pyridine rings is 1. The Morgan fingerprint density at radius 2 is 2.03 bits per heavy atom. The summed E-state index contributed by atoms with van der Waals surface area (Å²) in [7, 11) is 1.56. The summed E-state index contributed by atoms with van der Waals surface area (Å²) >= 11 is 0. The first kappa shape index (κ1) is 22.5. The van der Waals surface area contributed by atoms with Gasteiger partial charge in [-0.3, -0.25) is 9.20 Å². The average Bonchev–Trinajstić information content (AvgIpc) is 3.20. The first-order valence-electron chi connectivity index (χ1n) is 11.1. The molecule has 0 aliphatic rings. The van der Waals surface area contributed by atoms with Gasteiger partial charge in [0, 0.05) is 30.1 Å². The highest BCUT2D eigenvalue weighted by molar-refractivity contribution is 5.83. The molecule has 0 aliphatic heterocycles. The number of benzene rings is 1. The lowest BCUT2D eigenvalue weighted by atomic mass is 10.0. The van der Waals surface area contributed by atoms with E-state index in [4.69, 9.17) is 9.15 Å². The Labute approximate surface area is 191 Å². The fourth-order valence-corrected chi connectivity index (χ4v) is 4.09. The number of carbonyl (C=O) groups excluding carboxylic acids is 1. The van der Waals surface area contributed by atoms with Crippen LogP contribution in [0, 0.1) is 12.8 Å². The van der Waals surface area contributed by atoms with Gasteiger partial charge in [0.05, 0.1) is 13.2 Å². The molecular weight excluding hydrogens is 420 g/mol. The molecule has 0 bridgehead atoms. The average molecular weight is 449 g/mol. The van der Waals surface area contributed by atoms with E-state index in [2.05, 4.69) is 29.4 Å². The third-order valence-electron chi connectivity index (χ3n) is 5.67. The van der Waals surface area contributed by atoms with E-state index in [1.165, 1.54) is 6.07 Å². The van der Waals surface area contributed by atoms with Gasteiger partial charge in [0.25, 0.3) is 0 Å². The Balaban J connectivity index is 1.54. The molecule has 0 saturated heterocycles. The molecule has 0 fully saturated rings. The smallest absolute Gasteiger partial charge is 0.336 e. The summed E-state index contributed by atoms with van der Waals surface area (Å²) in [6.45, 7) is 6.09. The van der Waals surface area contributed by atoms with Crippen molar-refractivity contribution in [3.63, 3.8) is 0 Å². The summed E-state index contributed by atoms with van der Waals surface area (Å²) in [4.78, 5) is 24.6. The standard InChI is InChI=1S/C25H28N4O4/c1-15(2)11-19(25-28-27-22-7-5-6-10-29(22)25)26-23(30)9-8-17-13-18-16(3)12-24(31)33-21(18)14-20(17)32-4/h5-7,10,12-15,19H,8-9,11H2,1-4H3,(H,26,30). The van der Waals surface area contributed by atoms with Crippen molar-refractivity contribution in [2.24, 2.45) is 5.92 Å². The Hall–Kier alpha value is -3.68. The van der Waals surface area contributed by atoms with Gasteiger partial charge in [0.15, 0.2) is 11.5 Å². The summed E-state index contributed by atoms with van der Waals surface area (Å²) in [6.07, 6.45) is 3.42. The summed E-state index contributed by atoms with van der Waals surface area (Å²) in [5.74, 6) is 1.60. The number of nitrogens with one attached hydrogen (secondary N) is 1. The number of hydrogen-bond acceptors (Lipinski definition) is 6. The largest absolute Gasteiger partial charge is 0.496 e. The van der Waals surface area contributed by atoms with Crippen LogP contribution in [0.15, 0.2) is 51.8 Å². The fourth-order valence-electron chi connectivity index (χ4n) is 4.09. The SMILES string of the molecule is COc1cc2oc(=O)cc(C)c2cc1CCC(=O)NC(CC(C)C)c1nnc2ccccn12.